The minimum atomic E-state index is -0.390. The SMILES string of the molecule is O=C(NCCNc1nc2ccccc2s1)c1ccc[nH]c1=O. The van der Waals surface area contributed by atoms with Gasteiger partial charge < -0.3 is 15.6 Å². The first-order chi connectivity index (χ1) is 10.7. The first-order valence-electron chi connectivity index (χ1n) is 6.79. The zero-order valence-corrected chi connectivity index (χ0v) is 12.4. The Morgan fingerprint density at radius 1 is 1.18 bits per heavy atom. The smallest absolute Gasteiger partial charge is 0.260 e. The molecule has 0 unspecified atom stereocenters. The van der Waals surface area contributed by atoms with Crippen LogP contribution < -0.4 is 16.2 Å². The van der Waals surface area contributed by atoms with Gasteiger partial charge in [0, 0.05) is 19.3 Å². The number of H-pyrrole nitrogens is 1. The molecule has 1 aromatic carbocycles. The zero-order chi connectivity index (χ0) is 15.4. The lowest BCUT2D eigenvalue weighted by Gasteiger charge is -2.05. The van der Waals surface area contributed by atoms with Crippen molar-refractivity contribution in [2.75, 3.05) is 18.4 Å². The number of pyridine rings is 1. The van der Waals surface area contributed by atoms with Gasteiger partial charge in [-0.3, -0.25) is 9.59 Å². The molecule has 7 heteroatoms. The molecule has 0 radical (unpaired) electrons. The maximum atomic E-state index is 11.8. The number of hydrogen-bond acceptors (Lipinski definition) is 5. The lowest BCUT2D eigenvalue weighted by Crippen LogP contribution is -2.32. The number of nitrogens with one attached hydrogen (secondary N) is 3. The highest BCUT2D eigenvalue weighted by Gasteiger charge is 2.08. The number of rotatable bonds is 5. The van der Waals surface area contributed by atoms with Crippen molar-refractivity contribution in [1.29, 1.82) is 0 Å². The van der Waals surface area contributed by atoms with Crippen LogP contribution in [0.25, 0.3) is 10.2 Å². The third-order valence-corrected chi connectivity index (χ3v) is 4.04. The van der Waals surface area contributed by atoms with E-state index >= 15 is 0 Å². The molecule has 0 aliphatic carbocycles. The summed E-state index contributed by atoms with van der Waals surface area (Å²) in [6.07, 6.45) is 1.49. The Morgan fingerprint density at radius 2 is 2.05 bits per heavy atom. The van der Waals surface area contributed by atoms with E-state index in [9.17, 15) is 9.59 Å². The molecule has 0 saturated carbocycles. The van der Waals surface area contributed by atoms with E-state index in [4.69, 9.17) is 0 Å². The molecule has 6 nitrogen and oxygen atoms in total. The highest BCUT2D eigenvalue weighted by Crippen LogP contribution is 2.24. The predicted octanol–water partition coefficient (Wildman–Crippen LogP) is 1.83. The van der Waals surface area contributed by atoms with Crippen molar-refractivity contribution >= 4 is 32.6 Å². The molecular formula is C15H14N4O2S. The van der Waals surface area contributed by atoms with E-state index in [0.29, 0.717) is 13.1 Å². The normalized spacial score (nSPS) is 10.5. The van der Waals surface area contributed by atoms with E-state index in [1.165, 1.54) is 12.3 Å². The van der Waals surface area contributed by atoms with Gasteiger partial charge in [-0.15, -0.1) is 0 Å². The maximum absolute atomic E-state index is 11.8. The number of benzene rings is 1. The number of aromatic amines is 1. The quantitative estimate of drug-likeness (QED) is 0.627. The number of hydrogen-bond donors (Lipinski definition) is 3. The summed E-state index contributed by atoms with van der Waals surface area (Å²) < 4.78 is 1.12. The van der Waals surface area contributed by atoms with Crippen LogP contribution in [0.4, 0.5) is 5.13 Å². The lowest BCUT2D eigenvalue weighted by molar-refractivity contribution is 0.0953. The monoisotopic (exact) mass is 314 g/mol. The Labute approximate surface area is 130 Å². The third-order valence-electron chi connectivity index (χ3n) is 3.04. The van der Waals surface area contributed by atoms with E-state index in [1.54, 1.807) is 17.4 Å². The fourth-order valence-electron chi connectivity index (χ4n) is 1.99. The van der Waals surface area contributed by atoms with Gasteiger partial charge >= 0.3 is 0 Å². The summed E-state index contributed by atoms with van der Waals surface area (Å²) >= 11 is 1.57. The number of thiazole rings is 1. The average molecular weight is 314 g/mol. The molecule has 0 aliphatic rings. The predicted molar refractivity (Wildman–Crippen MR) is 87.5 cm³/mol. The number of aromatic nitrogens is 2. The standard InChI is InChI=1S/C15H14N4O2S/c20-13-10(4-3-7-16-13)14(21)17-8-9-18-15-19-11-5-1-2-6-12(11)22-15/h1-7H,8-9H2,(H,16,20)(H,17,21)(H,18,19). The number of para-hydroxylation sites is 1. The second-order valence-electron chi connectivity index (χ2n) is 4.58. The van der Waals surface area contributed by atoms with Crippen molar-refractivity contribution in [2.24, 2.45) is 0 Å². The Kier molecular flexibility index (Phi) is 4.15. The van der Waals surface area contributed by atoms with Crippen LogP contribution in [0.2, 0.25) is 0 Å². The molecule has 2 aromatic heterocycles. The molecule has 0 bridgehead atoms. The number of anilines is 1. The molecule has 22 heavy (non-hydrogen) atoms. The summed E-state index contributed by atoms with van der Waals surface area (Å²) in [5.41, 5.74) is 0.677. The first kappa shape index (κ1) is 14.3. The summed E-state index contributed by atoms with van der Waals surface area (Å²) in [6, 6.07) is 11.0. The van der Waals surface area contributed by atoms with Gasteiger partial charge in [-0.25, -0.2) is 4.98 Å². The van der Waals surface area contributed by atoms with Gasteiger partial charge in [0.05, 0.1) is 10.2 Å². The van der Waals surface area contributed by atoms with Gasteiger partial charge in [0.2, 0.25) is 0 Å². The van der Waals surface area contributed by atoms with Crippen LogP contribution >= 0.6 is 11.3 Å². The molecule has 0 saturated heterocycles. The Hall–Kier alpha value is -2.67. The van der Waals surface area contributed by atoms with Gasteiger partial charge in [0.15, 0.2) is 5.13 Å². The van der Waals surface area contributed by atoms with Crippen LogP contribution in [-0.4, -0.2) is 29.0 Å². The van der Waals surface area contributed by atoms with E-state index in [-0.39, 0.29) is 17.0 Å². The molecule has 3 rings (SSSR count). The van der Waals surface area contributed by atoms with Crippen molar-refractivity contribution in [1.82, 2.24) is 15.3 Å². The number of fused-ring (bicyclic) bond motifs is 1. The number of carbonyl (C=O) groups is 1. The summed E-state index contributed by atoms with van der Waals surface area (Å²) in [7, 11) is 0. The second kappa shape index (κ2) is 6.40. The van der Waals surface area contributed by atoms with E-state index < -0.39 is 0 Å². The molecule has 2 heterocycles. The highest BCUT2D eigenvalue weighted by atomic mass is 32.1. The van der Waals surface area contributed by atoms with Gasteiger partial charge in [0.25, 0.3) is 11.5 Å². The van der Waals surface area contributed by atoms with Crippen molar-refractivity contribution in [3.63, 3.8) is 0 Å². The van der Waals surface area contributed by atoms with Crippen molar-refractivity contribution in [3.05, 3.63) is 58.5 Å². The van der Waals surface area contributed by atoms with Crippen molar-refractivity contribution < 1.29 is 4.79 Å². The van der Waals surface area contributed by atoms with Gasteiger partial charge in [-0.1, -0.05) is 23.5 Å². The molecular weight excluding hydrogens is 300 g/mol. The minimum absolute atomic E-state index is 0.113. The van der Waals surface area contributed by atoms with Gasteiger partial charge in [0.1, 0.15) is 5.56 Å². The Bertz CT molecular complexity index is 823. The molecule has 3 aromatic rings. The molecule has 112 valence electrons. The van der Waals surface area contributed by atoms with Gasteiger partial charge in [-0.05, 0) is 24.3 Å². The first-order valence-corrected chi connectivity index (χ1v) is 7.61. The Morgan fingerprint density at radius 3 is 2.86 bits per heavy atom. The maximum Gasteiger partial charge on any atom is 0.260 e. The third kappa shape index (κ3) is 3.15. The largest absolute Gasteiger partial charge is 0.360 e. The number of nitrogens with zero attached hydrogens (tertiary/aromatic N) is 1. The fraction of sp³-hybridized carbons (Fsp3) is 0.133. The van der Waals surface area contributed by atoms with Crippen LogP contribution in [-0.2, 0) is 0 Å². The molecule has 0 fully saturated rings. The summed E-state index contributed by atoms with van der Waals surface area (Å²) in [4.78, 5) is 30.2. The van der Waals surface area contributed by atoms with Crippen LogP contribution in [0, 0.1) is 0 Å². The lowest BCUT2D eigenvalue weighted by atomic mass is 10.2. The van der Waals surface area contributed by atoms with Crippen LogP contribution in [0.5, 0.6) is 0 Å². The molecule has 0 aliphatic heterocycles. The van der Waals surface area contributed by atoms with E-state index in [1.807, 2.05) is 24.3 Å². The fourth-order valence-corrected chi connectivity index (χ4v) is 2.88. The minimum Gasteiger partial charge on any atom is -0.360 e. The summed E-state index contributed by atoms with van der Waals surface area (Å²) in [5, 5.41) is 6.67. The summed E-state index contributed by atoms with van der Waals surface area (Å²) in [6.45, 7) is 0.944. The highest BCUT2D eigenvalue weighted by molar-refractivity contribution is 7.22. The topological polar surface area (TPSA) is 86.9 Å². The molecule has 0 spiro atoms. The van der Waals surface area contributed by atoms with Crippen LogP contribution in [0.1, 0.15) is 10.4 Å². The van der Waals surface area contributed by atoms with Crippen molar-refractivity contribution in [3.8, 4) is 0 Å². The van der Waals surface area contributed by atoms with E-state index in [2.05, 4.69) is 20.6 Å². The van der Waals surface area contributed by atoms with Crippen molar-refractivity contribution in [2.45, 2.75) is 0 Å². The van der Waals surface area contributed by atoms with E-state index in [0.717, 1.165) is 15.3 Å². The Balaban J connectivity index is 1.52. The number of carbonyl (C=O) groups excluding carboxylic acids is 1. The molecule has 0 atom stereocenters. The number of amides is 1. The van der Waals surface area contributed by atoms with Gasteiger partial charge in [-0.2, -0.15) is 0 Å². The molecule has 3 N–H and O–H groups in total. The molecule has 1 amide bonds. The zero-order valence-electron chi connectivity index (χ0n) is 11.6. The summed E-state index contributed by atoms with van der Waals surface area (Å²) in [5.74, 6) is -0.382. The average Bonchev–Trinajstić information content (AvgIpc) is 2.94. The van der Waals surface area contributed by atoms with Crippen LogP contribution in [0.15, 0.2) is 47.4 Å². The second-order valence-corrected chi connectivity index (χ2v) is 5.61. The van der Waals surface area contributed by atoms with Crippen LogP contribution in [0.3, 0.4) is 0 Å².